The summed E-state index contributed by atoms with van der Waals surface area (Å²) >= 11 is 0. The average Bonchev–Trinajstić information content (AvgIpc) is 3.43. The highest BCUT2D eigenvalue weighted by Gasteiger charge is 2.48. The lowest BCUT2D eigenvalue weighted by Crippen LogP contribution is -2.51. The number of aliphatic hydroxyl groups excluding tert-OH is 1. The van der Waals surface area contributed by atoms with E-state index in [0.717, 1.165) is 31.6 Å². The van der Waals surface area contributed by atoms with Gasteiger partial charge in [-0.2, -0.15) is 0 Å². The summed E-state index contributed by atoms with van der Waals surface area (Å²) in [5, 5.41) is 17.0. The van der Waals surface area contributed by atoms with E-state index in [1.165, 1.54) is 11.9 Å². The van der Waals surface area contributed by atoms with Crippen molar-refractivity contribution in [1.82, 2.24) is 29.7 Å². The molecule has 11 heteroatoms. The lowest BCUT2D eigenvalue weighted by molar-refractivity contribution is -0.173. The number of aliphatic hydroxyl groups is 1. The van der Waals surface area contributed by atoms with E-state index in [4.69, 9.17) is 10.5 Å². The fourth-order valence-corrected chi connectivity index (χ4v) is 5.59. The van der Waals surface area contributed by atoms with E-state index < -0.39 is 6.10 Å². The van der Waals surface area contributed by atoms with Gasteiger partial charge in [0.25, 0.3) is 0 Å². The van der Waals surface area contributed by atoms with Gasteiger partial charge in [-0.1, -0.05) is 32.9 Å². The number of benzene rings is 1. The quantitative estimate of drug-likeness (QED) is 0.362. The number of nitrogen functional groups attached to an aromatic ring is 1. The molecule has 5 atom stereocenters. The SMILES string of the molecule is CC1O[C@@H]2[C@H](C[C@@H](n3cnc4c(N)ncnc43)[C@@H]2O)CN1CCCNC(=O)Nc1ccc(C(C)(C)C)cc1. The zero-order valence-corrected chi connectivity index (χ0v) is 22.5. The van der Waals surface area contributed by atoms with E-state index in [1.807, 2.05) is 35.8 Å². The first-order valence-corrected chi connectivity index (χ1v) is 13.3. The van der Waals surface area contributed by atoms with Crippen LogP contribution >= 0.6 is 0 Å². The predicted molar refractivity (Wildman–Crippen MR) is 146 cm³/mol. The first-order valence-electron chi connectivity index (χ1n) is 13.3. The number of carbonyl (C=O) groups is 1. The van der Waals surface area contributed by atoms with Crippen LogP contribution < -0.4 is 16.4 Å². The van der Waals surface area contributed by atoms with Gasteiger partial charge in [-0.25, -0.2) is 19.7 Å². The van der Waals surface area contributed by atoms with Crippen LogP contribution in [0.25, 0.3) is 11.2 Å². The smallest absolute Gasteiger partial charge is 0.319 e. The molecule has 2 aliphatic rings. The standard InChI is InChI=1S/C27H38N8O3/c1-16-34(11-5-10-29-26(37)33-19-8-6-18(7-9-19)27(2,3)4)13-17-12-20(22(36)23(17)38-16)35-15-32-21-24(28)30-14-31-25(21)35/h6-9,14-17,20,22-23,36H,5,10-13H2,1-4H3,(H2,28,30,31)(H2,29,33,37)/t16?,17-,20-,22+,23-/m1/s1. The third-order valence-corrected chi connectivity index (χ3v) is 7.74. The molecule has 2 amide bonds. The molecule has 3 heterocycles. The molecule has 0 bridgehead atoms. The Balaban J connectivity index is 1.11. The largest absolute Gasteiger partial charge is 0.388 e. The zero-order chi connectivity index (χ0) is 27.0. The molecule has 2 fully saturated rings. The van der Waals surface area contributed by atoms with Crippen molar-refractivity contribution in [2.45, 2.75) is 70.4 Å². The van der Waals surface area contributed by atoms with Gasteiger partial charge >= 0.3 is 6.03 Å². The predicted octanol–water partition coefficient (Wildman–Crippen LogP) is 2.89. The number of ether oxygens (including phenoxy) is 1. The van der Waals surface area contributed by atoms with E-state index in [2.05, 4.69) is 51.3 Å². The van der Waals surface area contributed by atoms with Crippen molar-refractivity contribution in [3.8, 4) is 0 Å². The molecular weight excluding hydrogens is 484 g/mol. The number of amides is 2. The van der Waals surface area contributed by atoms with Crippen molar-refractivity contribution in [1.29, 1.82) is 0 Å². The molecule has 3 aromatic rings. The number of hydrogen-bond donors (Lipinski definition) is 4. The van der Waals surface area contributed by atoms with Crippen molar-refractivity contribution < 1.29 is 14.6 Å². The molecule has 1 saturated carbocycles. The maximum atomic E-state index is 12.3. The summed E-state index contributed by atoms with van der Waals surface area (Å²) in [5.41, 5.74) is 9.18. The number of carbonyl (C=O) groups excluding carboxylic acids is 1. The van der Waals surface area contributed by atoms with Crippen LogP contribution in [0.15, 0.2) is 36.9 Å². The highest BCUT2D eigenvalue weighted by molar-refractivity contribution is 5.89. The molecule has 1 saturated heterocycles. The molecule has 38 heavy (non-hydrogen) atoms. The van der Waals surface area contributed by atoms with Crippen LogP contribution in [0.2, 0.25) is 0 Å². The van der Waals surface area contributed by atoms with Crippen LogP contribution in [0, 0.1) is 5.92 Å². The van der Waals surface area contributed by atoms with E-state index in [-0.39, 0.29) is 35.7 Å². The van der Waals surface area contributed by atoms with Crippen LogP contribution in [0.4, 0.5) is 16.3 Å². The van der Waals surface area contributed by atoms with Crippen molar-refractivity contribution >= 4 is 28.7 Å². The summed E-state index contributed by atoms with van der Waals surface area (Å²) in [4.78, 5) is 27.3. The summed E-state index contributed by atoms with van der Waals surface area (Å²) in [6, 6.07) is 7.55. The number of hydrogen-bond acceptors (Lipinski definition) is 8. The first kappa shape index (κ1) is 26.3. The van der Waals surface area contributed by atoms with Crippen molar-refractivity contribution in [2.24, 2.45) is 5.92 Å². The highest BCUT2D eigenvalue weighted by Crippen LogP contribution is 2.42. The number of rotatable bonds is 6. The van der Waals surface area contributed by atoms with Gasteiger partial charge in [0.15, 0.2) is 11.5 Å². The van der Waals surface area contributed by atoms with Crippen LogP contribution in [0.1, 0.15) is 52.1 Å². The minimum Gasteiger partial charge on any atom is -0.388 e. The average molecular weight is 523 g/mol. The molecule has 2 aromatic heterocycles. The zero-order valence-electron chi connectivity index (χ0n) is 22.5. The van der Waals surface area contributed by atoms with Crippen molar-refractivity contribution in [2.75, 3.05) is 30.7 Å². The number of anilines is 2. The van der Waals surface area contributed by atoms with Gasteiger partial charge in [0.1, 0.15) is 24.2 Å². The van der Waals surface area contributed by atoms with Crippen LogP contribution in [-0.4, -0.2) is 73.6 Å². The molecule has 5 rings (SSSR count). The van der Waals surface area contributed by atoms with E-state index in [0.29, 0.717) is 23.5 Å². The van der Waals surface area contributed by atoms with E-state index >= 15 is 0 Å². The van der Waals surface area contributed by atoms with Gasteiger partial charge in [0.05, 0.1) is 18.5 Å². The fourth-order valence-electron chi connectivity index (χ4n) is 5.59. The molecular formula is C27H38N8O3. The molecule has 1 aromatic carbocycles. The Morgan fingerprint density at radius 2 is 1.97 bits per heavy atom. The third-order valence-electron chi connectivity index (χ3n) is 7.74. The monoisotopic (exact) mass is 522 g/mol. The second-order valence-corrected chi connectivity index (χ2v) is 11.4. The fraction of sp³-hybridized carbons (Fsp3) is 0.556. The number of nitrogens with two attached hydrogens (primary N) is 1. The van der Waals surface area contributed by atoms with Gasteiger partial charge in [-0.15, -0.1) is 0 Å². The Hall–Kier alpha value is -3.28. The molecule has 11 nitrogen and oxygen atoms in total. The molecule has 5 N–H and O–H groups in total. The second kappa shape index (κ2) is 10.5. The third kappa shape index (κ3) is 5.31. The minimum absolute atomic E-state index is 0.0744. The molecule has 0 spiro atoms. The Labute approximate surface area is 222 Å². The lowest BCUT2D eigenvalue weighted by atomic mass is 9.87. The summed E-state index contributed by atoms with van der Waals surface area (Å²) in [6.45, 7) is 10.7. The normalized spacial score (nSPS) is 25.9. The summed E-state index contributed by atoms with van der Waals surface area (Å²) < 4.78 is 8.17. The number of imidazole rings is 1. The number of nitrogens with one attached hydrogen (secondary N) is 2. The lowest BCUT2D eigenvalue weighted by Gasteiger charge is -2.41. The van der Waals surface area contributed by atoms with Crippen molar-refractivity contribution in [3.63, 3.8) is 0 Å². The van der Waals surface area contributed by atoms with Gasteiger partial charge in [-0.3, -0.25) is 4.90 Å². The molecule has 1 aliphatic heterocycles. The summed E-state index contributed by atoms with van der Waals surface area (Å²) in [5.74, 6) is 0.505. The molecule has 0 radical (unpaired) electrons. The Bertz CT molecular complexity index is 1270. The van der Waals surface area contributed by atoms with Gasteiger partial charge in [-0.05, 0) is 42.9 Å². The number of urea groups is 1. The maximum absolute atomic E-state index is 12.3. The summed E-state index contributed by atoms with van der Waals surface area (Å²) in [7, 11) is 0. The highest BCUT2D eigenvalue weighted by atomic mass is 16.5. The second-order valence-electron chi connectivity index (χ2n) is 11.4. The van der Waals surface area contributed by atoms with E-state index in [1.54, 1.807) is 6.33 Å². The van der Waals surface area contributed by atoms with Gasteiger partial charge < -0.3 is 30.8 Å². The minimum atomic E-state index is -0.666. The number of fused-ring (bicyclic) bond motifs is 2. The number of aromatic nitrogens is 4. The number of nitrogens with zero attached hydrogens (tertiary/aromatic N) is 5. The topological polar surface area (TPSA) is 143 Å². The van der Waals surface area contributed by atoms with E-state index in [9.17, 15) is 9.90 Å². The van der Waals surface area contributed by atoms with Crippen LogP contribution in [-0.2, 0) is 10.2 Å². The Morgan fingerprint density at radius 1 is 1.21 bits per heavy atom. The Morgan fingerprint density at radius 3 is 2.71 bits per heavy atom. The molecule has 204 valence electrons. The van der Waals surface area contributed by atoms with Crippen LogP contribution in [0.5, 0.6) is 0 Å². The maximum Gasteiger partial charge on any atom is 0.319 e. The summed E-state index contributed by atoms with van der Waals surface area (Å²) in [6.07, 6.45) is 3.59. The van der Waals surface area contributed by atoms with Crippen LogP contribution in [0.3, 0.4) is 0 Å². The first-order chi connectivity index (χ1) is 18.1. The molecule has 1 unspecified atom stereocenters. The Kier molecular flexibility index (Phi) is 7.26. The molecule has 1 aliphatic carbocycles. The van der Waals surface area contributed by atoms with Gasteiger partial charge in [0.2, 0.25) is 0 Å². The van der Waals surface area contributed by atoms with Crippen molar-refractivity contribution in [3.05, 3.63) is 42.5 Å². The van der Waals surface area contributed by atoms with Gasteiger partial charge in [0, 0.05) is 31.2 Å².